The lowest BCUT2D eigenvalue weighted by molar-refractivity contribution is -0.136. The highest BCUT2D eigenvalue weighted by Crippen LogP contribution is 2.22. The second kappa shape index (κ2) is 6.86. The Kier molecular flexibility index (Phi) is 5.45. The summed E-state index contributed by atoms with van der Waals surface area (Å²) >= 11 is 0. The van der Waals surface area contributed by atoms with Crippen molar-refractivity contribution in [1.29, 1.82) is 0 Å². The molecule has 0 fully saturated rings. The molecule has 0 aliphatic heterocycles. The van der Waals surface area contributed by atoms with Crippen molar-refractivity contribution >= 4 is 17.3 Å². The highest BCUT2D eigenvalue weighted by molar-refractivity contribution is 5.70. The summed E-state index contributed by atoms with van der Waals surface area (Å²) < 4.78 is 0. The van der Waals surface area contributed by atoms with Crippen LogP contribution in [-0.4, -0.2) is 49.7 Å². The van der Waals surface area contributed by atoms with Gasteiger partial charge in [-0.15, -0.1) is 0 Å². The van der Waals surface area contributed by atoms with Crippen LogP contribution in [0.3, 0.4) is 0 Å². The van der Waals surface area contributed by atoms with Crippen molar-refractivity contribution in [2.75, 3.05) is 44.4 Å². The zero-order valence-corrected chi connectivity index (χ0v) is 11.0. The van der Waals surface area contributed by atoms with E-state index in [0.717, 1.165) is 18.8 Å². The Morgan fingerprint density at radius 1 is 1.22 bits per heavy atom. The molecule has 0 unspecified atom stereocenters. The number of hydrogen-bond donors (Lipinski definition) is 2. The van der Waals surface area contributed by atoms with Crippen LogP contribution < -0.4 is 10.6 Å². The number of nitrogen functional groups attached to an aromatic ring is 1. The van der Waals surface area contributed by atoms with E-state index in [4.69, 9.17) is 10.8 Å². The number of anilines is 2. The fourth-order valence-corrected chi connectivity index (χ4v) is 1.68. The summed E-state index contributed by atoms with van der Waals surface area (Å²) in [7, 11) is 3.98. The van der Waals surface area contributed by atoms with E-state index >= 15 is 0 Å². The van der Waals surface area contributed by atoms with E-state index in [1.165, 1.54) is 0 Å². The lowest BCUT2D eigenvalue weighted by Gasteiger charge is -2.27. The number of benzene rings is 1. The highest BCUT2D eigenvalue weighted by Gasteiger charge is 2.11. The van der Waals surface area contributed by atoms with Crippen LogP contribution in [0, 0.1) is 0 Å². The number of nitrogens with zero attached hydrogens (tertiary/aromatic N) is 2. The Bertz CT molecular complexity index is 394. The molecule has 3 N–H and O–H groups in total. The number of nitrogens with two attached hydrogens (primary N) is 1. The van der Waals surface area contributed by atoms with Crippen LogP contribution in [0.4, 0.5) is 11.4 Å². The topological polar surface area (TPSA) is 69.8 Å². The molecule has 1 aromatic rings. The summed E-state index contributed by atoms with van der Waals surface area (Å²) in [5.74, 6) is -0.792. The van der Waals surface area contributed by atoms with E-state index in [1.54, 1.807) is 0 Å². The molecule has 5 nitrogen and oxygen atoms in total. The molecule has 0 radical (unpaired) electrons. The number of para-hydroxylation sites is 2. The van der Waals surface area contributed by atoms with Crippen LogP contribution >= 0.6 is 0 Å². The number of rotatable bonds is 7. The normalized spacial score (nSPS) is 10.6. The van der Waals surface area contributed by atoms with Gasteiger partial charge >= 0.3 is 5.97 Å². The maximum Gasteiger partial charge on any atom is 0.305 e. The largest absolute Gasteiger partial charge is 0.481 e. The van der Waals surface area contributed by atoms with Crippen molar-refractivity contribution in [3.05, 3.63) is 24.3 Å². The van der Waals surface area contributed by atoms with Crippen LogP contribution in [0.5, 0.6) is 0 Å². The van der Waals surface area contributed by atoms with Crippen molar-refractivity contribution < 1.29 is 9.90 Å². The molecule has 1 aromatic carbocycles. The second-order valence-electron chi connectivity index (χ2n) is 4.49. The predicted octanol–water partition coefficient (Wildman–Crippen LogP) is 1.11. The van der Waals surface area contributed by atoms with E-state index in [-0.39, 0.29) is 6.42 Å². The molecular weight excluding hydrogens is 230 g/mol. The van der Waals surface area contributed by atoms with E-state index in [0.29, 0.717) is 12.2 Å². The van der Waals surface area contributed by atoms with Crippen molar-refractivity contribution in [3.63, 3.8) is 0 Å². The molecule has 0 amide bonds. The number of hydrogen-bond acceptors (Lipinski definition) is 4. The van der Waals surface area contributed by atoms with E-state index < -0.39 is 5.97 Å². The zero-order chi connectivity index (χ0) is 13.5. The van der Waals surface area contributed by atoms with Gasteiger partial charge in [-0.25, -0.2) is 0 Å². The smallest absolute Gasteiger partial charge is 0.305 e. The average molecular weight is 251 g/mol. The Morgan fingerprint density at radius 3 is 2.44 bits per heavy atom. The number of likely N-dealkylation sites (N-methyl/N-ethyl adjacent to an activating group) is 1. The van der Waals surface area contributed by atoms with Gasteiger partial charge in [-0.3, -0.25) is 4.79 Å². The summed E-state index contributed by atoms with van der Waals surface area (Å²) in [5.41, 5.74) is 7.52. The fraction of sp³-hybridized carbons (Fsp3) is 0.462. The van der Waals surface area contributed by atoms with Crippen LogP contribution in [0.15, 0.2) is 24.3 Å². The van der Waals surface area contributed by atoms with E-state index in [9.17, 15) is 4.79 Å². The van der Waals surface area contributed by atoms with Gasteiger partial charge in [-0.05, 0) is 26.2 Å². The quantitative estimate of drug-likeness (QED) is 0.710. The summed E-state index contributed by atoms with van der Waals surface area (Å²) in [4.78, 5) is 14.8. The molecule has 0 atom stereocenters. The number of carboxylic acids is 1. The van der Waals surface area contributed by atoms with E-state index in [1.807, 2.05) is 43.3 Å². The van der Waals surface area contributed by atoms with Crippen LogP contribution in [0.1, 0.15) is 6.42 Å². The first kappa shape index (κ1) is 14.3. The van der Waals surface area contributed by atoms with Gasteiger partial charge in [0.2, 0.25) is 0 Å². The Morgan fingerprint density at radius 2 is 1.89 bits per heavy atom. The third kappa shape index (κ3) is 4.63. The van der Waals surface area contributed by atoms with Crippen LogP contribution in [0.25, 0.3) is 0 Å². The number of carboxylic acid groups (broad SMARTS) is 1. The minimum atomic E-state index is -0.792. The van der Waals surface area contributed by atoms with Gasteiger partial charge in [0.15, 0.2) is 0 Å². The molecule has 0 heterocycles. The third-order valence-electron chi connectivity index (χ3n) is 2.69. The van der Waals surface area contributed by atoms with Gasteiger partial charge < -0.3 is 20.6 Å². The third-order valence-corrected chi connectivity index (χ3v) is 2.69. The number of aliphatic carboxylic acids is 1. The number of carbonyl (C=O) groups is 1. The molecule has 0 aliphatic rings. The second-order valence-corrected chi connectivity index (χ2v) is 4.49. The lowest BCUT2D eigenvalue weighted by Crippen LogP contribution is -2.33. The first-order chi connectivity index (χ1) is 8.50. The molecular formula is C13H21N3O2. The van der Waals surface area contributed by atoms with Crippen LogP contribution in [0.2, 0.25) is 0 Å². The molecule has 0 saturated carbocycles. The zero-order valence-electron chi connectivity index (χ0n) is 11.0. The molecule has 0 aliphatic carbocycles. The van der Waals surface area contributed by atoms with Crippen molar-refractivity contribution in [2.24, 2.45) is 0 Å². The van der Waals surface area contributed by atoms with Gasteiger partial charge in [0.1, 0.15) is 0 Å². The molecule has 1 rings (SSSR count). The first-order valence-electron chi connectivity index (χ1n) is 5.96. The fourth-order valence-electron chi connectivity index (χ4n) is 1.68. The molecule has 100 valence electrons. The molecule has 0 saturated heterocycles. The van der Waals surface area contributed by atoms with Gasteiger partial charge in [0.25, 0.3) is 0 Å². The predicted molar refractivity (Wildman–Crippen MR) is 73.9 cm³/mol. The Hall–Kier alpha value is -1.75. The molecule has 5 heteroatoms. The molecule has 0 spiro atoms. The molecule has 18 heavy (non-hydrogen) atoms. The first-order valence-corrected chi connectivity index (χ1v) is 5.96. The summed E-state index contributed by atoms with van der Waals surface area (Å²) in [6, 6.07) is 7.54. The highest BCUT2D eigenvalue weighted by atomic mass is 16.4. The standard InChI is InChI=1S/C13H21N3O2/c1-15(2)9-10-16(8-7-13(17)18)12-6-4-3-5-11(12)14/h3-6H,7-10,14H2,1-2H3,(H,17,18). The Balaban J connectivity index is 2.75. The average Bonchev–Trinajstić information content (AvgIpc) is 2.30. The van der Waals surface area contributed by atoms with Crippen molar-refractivity contribution in [1.82, 2.24) is 4.90 Å². The maximum atomic E-state index is 10.7. The van der Waals surface area contributed by atoms with E-state index in [2.05, 4.69) is 4.90 Å². The summed E-state index contributed by atoms with van der Waals surface area (Å²) in [5, 5.41) is 8.79. The van der Waals surface area contributed by atoms with Crippen LogP contribution in [-0.2, 0) is 4.79 Å². The minimum absolute atomic E-state index is 0.113. The minimum Gasteiger partial charge on any atom is -0.481 e. The lowest BCUT2D eigenvalue weighted by atomic mass is 10.2. The SMILES string of the molecule is CN(C)CCN(CCC(=O)O)c1ccccc1N. The van der Waals surface area contributed by atoms with Crippen molar-refractivity contribution in [2.45, 2.75) is 6.42 Å². The Labute approximate surface area is 108 Å². The van der Waals surface area contributed by atoms with Crippen molar-refractivity contribution in [3.8, 4) is 0 Å². The summed E-state index contributed by atoms with van der Waals surface area (Å²) in [6.45, 7) is 2.08. The molecule has 0 bridgehead atoms. The monoisotopic (exact) mass is 251 g/mol. The maximum absolute atomic E-state index is 10.7. The van der Waals surface area contributed by atoms with Gasteiger partial charge in [-0.2, -0.15) is 0 Å². The molecule has 0 aromatic heterocycles. The van der Waals surface area contributed by atoms with Gasteiger partial charge in [-0.1, -0.05) is 12.1 Å². The van der Waals surface area contributed by atoms with Gasteiger partial charge in [0, 0.05) is 19.6 Å². The summed E-state index contributed by atoms with van der Waals surface area (Å²) in [6.07, 6.45) is 0.113. The van der Waals surface area contributed by atoms with Gasteiger partial charge in [0.05, 0.1) is 17.8 Å².